The lowest BCUT2D eigenvalue weighted by molar-refractivity contribution is 1.17. The molecule has 0 unspecified atom stereocenters. The van der Waals surface area contributed by atoms with Gasteiger partial charge in [0.25, 0.3) is 0 Å². The van der Waals surface area contributed by atoms with Crippen molar-refractivity contribution in [2.45, 2.75) is 0 Å². The van der Waals surface area contributed by atoms with Gasteiger partial charge in [-0.15, -0.1) is 0 Å². The summed E-state index contributed by atoms with van der Waals surface area (Å²) in [6, 6.07) is 83.7. The minimum Gasteiger partial charge on any atom is -0.307 e. The predicted octanol–water partition coefficient (Wildman–Crippen LogP) is 15.6. The Bertz CT molecular complexity index is 3240. The van der Waals surface area contributed by atoms with Crippen molar-refractivity contribution in [3.8, 4) is 39.1 Å². The first-order valence-corrected chi connectivity index (χ1v) is 19.9. The lowest BCUT2D eigenvalue weighted by Gasteiger charge is -2.31. The Morgan fingerprint density at radius 1 is 0.293 bits per heavy atom. The molecule has 0 saturated carbocycles. The summed E-state index contributed by atoms with van der Waals surface area (Å²) in [5.74, 6) is 0. The number of benzene rings is 10. The first-order valence-electron chi connectivity index (χ1n) is 19.9. The number of rotatable bonds is 7. The highest BCUT2D eigenvalue weighted by Gasteiger charge is 2.27. The molecule has 1 aromatic heterocycles. The fourth-order valence-corrected chi connectivity index (χ4v) is 8.95. The van der Waals surface area contributed by atoms with Crippen molar-refractivity contribution in [2.24, 2.45) is 0 Å². The van der Waals surface area contributed by atoms with Gasteiger partial charge in [-0.05, 0) is 80.4 Å². The zero-order valence-corrected chi connectivity index (χ0v) is 31.8. The summed E-state index contributed by atoms with van der Waals surface area (Å²) < 4.78 is 2.44. The van der Waals surface area contributed by atoms with Crippen LogP contribution in [0.5, 0.6) is 0 Å². The minimum atomic E-state index is 1.09. The molecule has 2 heteroatoms. The molecule has 1 heterocycles. The number of hydrogen-bond donors (Lipinski definition) is 0. The number of anilines is 3. The molecule has 0 aliphatic rings. The van der Waals surface area contributed by atoms with Gasteiger partial charge in [0.15, 0.2) is 0 Å². The SMILES string of the molecule is c1ccc(-c2ccc(-c3ccc(-c4c(N(c5ccccc5)c5cccc6c7ccccc7n(-c7ccccc7)c56)c5ccccc5c5ccccc45)cc3)cc2)cc1. The second-order valence-electron chi connectivity index (χ2n) is 14.9. The summed E-state index contributed by atoms with van der Waals surface area (Å²) in [6.07, 6.45) is 0. The maximum Gasteiger partial charge on any atom is 0.0782 e. The second kappa shape index (κ2) is 14.1. The van der Waals surface area contributed by atoms with Crippen LogP contribution in [0.4, 0.5) is 17.1 Å². The monoisotopic (exact) mass is 738 g/mol. The molecular weight excluding hydrogens is 701 g/mol. The van der Waals surface area contributed by atoms with Crippen LogP contribution in [0, 0.1) is 0 Å². The van der Waals surface area contributed by atoms with E-state index in [0.29, 0.717) is 0 Å². The van der Waals surface area contributed by atoms with E-state index in [2.05, 4.69) is 240 Å². The summed E-state index contributed by atoms with van der Waals surface area (Å²) in [4.78, 5) is 2.51. The topological polar surface area (TPSA) is 8.17 Å². The zero-order valence-electron chi connectivity index (χ0n) is 31.8. The smallest absolute Gasteiger partial charge is 0.0782 e. The van der Waals surface area contributed by atoms with Gasteiger partial charge in [-0.25, -0.2) is 0 Å². The Morgan fingerprint density at radius 3 is 1.38 bits per heavy atom. The zero-order chi connectivity index (χ0) is 38.4. The summed E-state index contributed by atoms with van der Waals surface area (Å²) in [6.45, 7) is 0. The average Bonchev–Trinajstić information content (AvgIpc) is 3.65. The van der Waals surface area contributed by atoms with Crippen molar-refractivity contribution in [2.75, 3.05) is 4.90 Å². The van der Waals surface area contributed by atoms with Crippen LogP contribution < -0.4 is 4.90 Å². The van der Waals surface area contributed by atoms with Gasteiger partial charge in [0, 0.05) is 33.1 Å². The molecule has 2 nitrogen and oxygen atoms in total. The Morgan fingerprint density at radius 2 is 0.741 bits per heavy atom. The first kappa shape index (κ1) is 33.6. The highest BCUT2D eigenvalue weighted by Crippen LogP contribution is 2.51. The van der Waals surface area contributed by atoms with E-state index in [9.17, 15) is 0 Å². The lowest BCUT2D eigenvalue weighted by atomic mass is 9.89. The van der Waals surface area contributed by atoms with E-state index in [-0.39, 0.29) is 0 Å². The van der Waals surface area contributed by atoms with Gasteiger partial charge >= 0.3 is 0 Å². The van der Waals surface area contributed by atoms with Gasteiger partial charge < -0.3 is 9.47 Å². The second-order valence-corrected chi connectivity index (χ2v) is 14.9. The van der Waals surface area contributed by atoms with Crippen molar-refractivity contribution in [1.29, 1.82) is 0 Å². The molecule has 0 aliphatic carbocycles. The third-order valence-electron chi connectivity index (χ3n) is 11.6. The molecule has 0 bridgehead atoms. The first-order chi connectivity index (χ1) is 28.8. The lowest BCUT2D eigenvalue weighted by Crippen LogP contribution is -2.13. The fraction of sp³-hybridized carbons (Fsp3) is 0. The van der Waals surface area contributed by atoms with E-state index in [1.165, 1.54) is 71.2 Å². The molecule has 11 rings (SSSR count). The Labute approximate surface area is 338 Å². The molecule has 11 aromatic rings. The number of fused-ring (bicyclic) bond motifs is 6. The molecular formula is C56H38N2. The van der Waals surface area contributed by atoms with Gasteiger partial charge in [-0.3, -0.25) is 0 Å². The van der Waals surface area contributed by atoms with Gasteiger partial charge in [-0.1, -0.05) is 194 Å². The quantitative estimate of drug-likeness (QED) is 0.148. The van der Waals surface area contributed by atoms with Crippen LogP contribution in [0.15, 0.2) is 231 Å². The number of hydrogen-bond acceptors (Lipinski definition) is 1. The summed E-state index contributed by atoms with van der Waals surface area (Å²) in [5.41, 5.74) is 14.0. The van der Waals surface area contributed by atoms with Crippen LogP contribution in [-0.4, -0.2) is 4.57 Å². The highest BCUT2D eigenvalue weighted by molar-refractivity contribution is 6.24. The number of nitrogens with zero attached hydrogens (tertiary/aromatic N) is 2. The maximum absolute atomic E-state index is 2.51. The molecule has 0 saturated heterocycles. The van der Waals surface area contributed by atoms with Crippen molar-refractivity contribution >= 4 is 60.4 Å². The number of para-hydroxylation sites is 4. The van der Waals surface area contributed by atoms with E-state index < -0.39 is 0 Å². The molecule has 58 heavy (non-hydrogen) atoms. The molecule has 272 valence electrons. The van der Waals surface area contributed by atoms with E-state index >= 15 is 0 Å². The molecule has 0 spiro atoms. The van der Waals surface area contributed by atoms with Crippen molar-refractivity contribution in [1.82, 2.24) is 4.57 Å². The summed E-state index contributed by atoms with van der Waals surface area (Å²) >= 11 is 0. The average molecular weight is 739 g/mol. The van der Waals surface area contributed by atoms with Gasteiger partial charge in [0.1, 0.15) is 0 Å². The van der Waals surface area contributed by atoms with Gasteiger partial charge in [-0.2, -0.15) is 0 Å². The van der Waals surface area contributed by atoms with Crippen LogP contribution in [0.1, 0.15) is 0 Å². The molecule has 0 atom stereocenters. The van der Waals surface area contributed by atoms with Crippen LogP contribution in [0.3, 0.4) is 0 Å². The molecule has 0 radical (unpaired) electrons. The van der Waals surface area contributed by atoms with Crippen LogP contribution in [0.25, 0.3) is 82.4 Å². The molecule has 0 fully saturated rings. The maximum atomic E-state index is 2.51. The Hall–Kier alpha value is -7.68. The van der Waals surface area contributed by atoms with Crippen molar-refractivity contribution in [3.63, 3.8) is 0 Å². The van der Waals surface area contributed by atoms with Crippen LogP contribution >= 0.6 is 0 Å². The fourth-order valence-electron chi connectivity index (χ4n) is 8.95. The van der Waals surface area contributed by atoms with E-state index in [0.717, 1.165) is 28.3 Å². The van der Waals surface area contributed by atoms with Gasteiger partial charge in [0.05, 0.1) is 22.4 Å². The molecule has 0 aliphatic heterocycles. The predicted molar refractivity (Wildman–Crippen MR) is 247 cm³/mol. The van der Waals surface area contributed by atoms with Crippen molar-refractivity contribution < 1.29 is 0 Å². The van der Waals surface area contributed by atoms with Crippen molar-refractivity contribution in [3.05, 3.63) is 231 Å². The Kier molecular flexibility index (Phi) is 8.19. The standard InChI is InChI=1S/C56H38N2/c1-4-17-39(18-5-1)40-31-33-41(34-32-40)42-35-37-43(38-36-42)54-49-26-12-10-23-46(49)47-24-11-13-27-50(47)56(54)58(45-21-8-3-9-22-45)53-30-16-28-51-48-25-14-15-29-52(48)57(55(51)53)44-19-6-2-7-20-44/h1-38H. The summed E-state index contributed by atoms with van der Waals surface area (Å²) in [7, 11) is 0. The Balaban J connectivity index is 1.19. The van der Waals surface area contributed by atoms with E-state index in [1.54, 1.807) is 0 Å². The number of aromatic nitrogens is 1. The van der Waals surface area contributed by atoms with Crippen LogP contribution in [0.2, 0.25) is 0 Å². The summed E-state index contributed by atoms with van der Waals surface area (Å²) in [5, 5.41) is 7.32. The molecule has 0 amide bonds. The normalized spacial score (nSPS) is 11.4. The van der Waals surface area contributed by atoms with Crippen LogP contribution in [-0.2, 0) is 0 Å². The third kappa shape index (κ3) is 5.57. The minimum absolute atomic E-state index is 1.09. The highest BCUT2D eigenvalue weighted by atomic mass is 15.2. The van der Waals surface area contributed by atoms with E-state index in [4.69, 9.17) is 0 Å². The largest absolute Gasteiger partial charge is 0.307 e. The molecule has 0 N–H and O–H groups in total. The van der Waals surface area contributed by atoms with E-state index in [1.807, 2.05) is 0 Å². The van der Waals surface area contributed by atoms with Gasteiger partial charge in [0.2, 0.25) is 0 Å². The third-order valence-corrected chi connectivity index (χ3v) is 11.6. The molecule has 10 aromatic carbocycles.